The lowest BCUT2D eigenvalue weighted by Gasteiger charge is -2.31. The van der Waals surface area contributed by atoms with Crippen LogP contribution in [0.5, 0.6) is 0 Å². The molecule has 2 rings (SSSR count). The lowest BCUT2D eigenvalue weighted by molar-refractivity contribution is -0.0340. The van der Waals surface area contributed by atoms with Gasteiger partial charge in [0.2, 0.25) is 0 Å². The molecule has 1 aromatic rings. The van der Waals surface area contributed by atoms with Gasteiger partial charge >= 0.3 is 0 Å². The van der Waals surface area contributed by atoms with Crippen LogP contribution in [0.1, 0.15) is 24.2 Å². The molecular weight excluding hydrogens is 268 g/mol. The second-order valence-corrected chi connectivity index (χ2v) is 7.18. The minimum absolute atomic E-state index is 0.128. The summed E-state index contributed by atoms with van der Waals surface area (Å²) in [7, 11) is -2.87. The van der Waals surface area contributed by atoms with Crippen LogP contribution in [0, 0.1) is 6.92 Å². The van der Waals surface area contributed by atoms with Crippen molar-refractivity contribution in [1.29, 1.82) is 0 Å². The molecule has 19 heavy (non-hydrogen) atoms. The summed E-state index contributed by atoms with van der Waals surface area (Å²) in [5.41, 5.74) is 0. The fraction of sp³-hybridized carbons (Fsp3) is 0.818. The van der Waals surface area contributed by atoms with Crippen LogP contribution in [0.2, 0.25) is 0 Å². The van der Waals surface area contributed by atoms with Crippen LogP contribution in [0.15, 0.2) is 0 Å². The maximum atomic E-state index is 11.1. The van der Waals surface area contributed by atoms with Crippen LogP contribution >= 0.6 is 0 Å². The van der Waals surface area contributed by atoms with E-state index in [1.54, 1.807) is 0 Å². The first-order valence-electron chi connectivity index (χ1n) is 6.34. The molecule has 1 aliphatic rings. The number of aromatic amines is 1. The van der Waals surface area contributed by atoms with E-state index >= 15 is 0 Å². The molecule has 0 unspecified atom stereocenters. The molecule has 108 valence electrons. The second kappa shape index (κ2) is 5.98. The van der Waals surface area contributed by atoms with Gasteiger partial charge in [0.25, 0.3) is 0 Å². The third-order valence-electron chi connectivity index (χ3n) is 3.04. The number of H-pyrrole nitrogens is 1. The van der Waals surface area contributed by atoms with E-state index in [1.165, 1.54) is 6.26 Å². The van der Waals surface area contributed by atoms with Gasteiger partial charge in [-0.3, -0.25) is 10.00 Å². The zero-order chi connectivity index (χ0) is 13.9. The Balaban J connectivity index is 1.84. The van der Waals surface area contributed by atoms with Gasteiger partial charge in [-0.15, -0.1) is 0 Å². The van der Waals surface area contributed by atoms with E-state index in [-0.39, 0.29) is 11.9 Å². The van der Waals surface area contributed by atoms with Crippen LogP contribution in [0.3, 0.4) is 0 Å². The summed E-state index contributed by atoms with van der Waals surface area (Å²) in [6, 6.07) is 0. The first kappa shape index (κ1) is 14.4. The highest BCUT2D eigenvalue weighted by Crippen LogP contribution is 2.19. The number of hydrogen-bond donors (Lipinski definition) is 1. The summed E-state index contributed by atoms with van der Waals surface area (Å²) in [6.07, 6.45) is 1.79. The van der Waals surface area contributed by atoms with Crippen LogP contribution in [-0.2, 0) is 14.6 Å². The highest BCUT2D eigenvalue weighted by molar-refractivity contribution is 7.90. The number of nitrogens with zero attached hydrogens (tertiary/aromatic N) is 3. The Morgan fingerprint density at radius 3 is 2.95 bits per heavy atom. The number of sulfone groups is 1. The van der Waals surface area contributed by atoms with Gasteiger partial charge in [0, 0.05) is 19.3 Å². The lowest BCUT2D eigenvalue weighted by Crippen LogP contribution is -2.39. The van der Waals surface area contributed by atoms with Crippen molar-refractivity contribution in [2.45, 2.75) is 19.4 Å². The quantitative estimate of drug-likeness (QED) is 0.815. The molecule has 7 nitrogen and oxygen atoms in total. The topological polar surface area (TPSA) is 88.2 Å². The molecule has 0 saturated carbocycles. The SMILES string of the molecule is Cc1nc([C@H]2CN(CCCS(C)(=O)=O)CCO2)n[nH]1. The zero-order valence-electron chi connectivity index (χ0n) is 11.3. The van der Waals surface area contributed by atoms with Gasteiger partial charge in [-0.2, -0.15) is 5.10 Å². The number of morpholine rings is 1. The number of aromatic nitrogens is 3. The van der Waals surface area contributed by atoms with Crippen molar-refractivity contribution < 1.29 is 13.2 Å². The molecular formula is C11H20N4O3S. The molecule has 0 spiro atoms. The van der Waals surface area contributed by atoms with Crippen molar-refractivity contribution in [2.75, 3.05) is 38.2 Å². The average molecular weight is 288 g/mol. The van der Waals surface area contributed by atoms with Crippen LogP contribution in [0.4, 0.5) is 0 Å². The molecule has 1 atom stereocenters. The van der Waals surface area contributed by atoms with Gasteiger partial charge in [0.1, 0.15) is 21.8 Å². The maximum Gasteiger partial charge on any atom is 0.180 e. The summed E-state index contributed by atoms with van der Waals surface area (Å²) < 4.78 is 27.8. The Hall–Kier alpha value is -0.990. The molecule has 0 amide bonds. The summed E-state index contributed by atoms with van der Waals surface area (Å²) in [6.45, 7) is 4.77. The number of aryl methyl sites for hydroxylation is 1. The molecule has 1 aromatic heterocycles. The van der Waals surface area contributed by atoms with Gasteiger partial charge < -0.3 is 4.74 Å². The number of ether oxygens (including phenoxy) is 1. The molecule has 1 aliphatic heterocycles. The van der Waals surface area contributed by atoms with Gasteiger partial charge in [-0.05, 0) is 19.9 Å². The molecule has 1 saturated heterocycles. The average Bonchev–Trinajstić information content (AvgIpc) is 2.75. The molecule has 0 aliphatic carbocycles. The predicted molar refractivity (Wildman–Crippen MR) is 70.6 cm³/mol. The van der Waals surface area contributed by atoms with Crippen molar-refractivity contribution >= 4 is 9.84 Å². The first-order chi connectivity index (χ1) is 8.94. The lowest BCUT2D eigenvalue weighted by atomic mass is 10.2. The van der Waals surface area contributed by atoms with E-state index in [4.69, 9.17) is 4.74 Å². The molecule has 8 heteroatoms. The van der Waals surface area contributed by atoms with E-state index < -0.39 is 9.84 Å². The smallest absolute Gasteiger partial charge is 0.180 e. The minimum atomic E-state index is -2.87. The summed E-state index contributed by atoms with van der Waals surface area (Å²) in [5.74, 6) is 1.67. The normalized spacial score (nSPS) is 21.7. The molecule has 2 heterocycles. The van der Waals surface area contributed by atoms with Crippen molar-refractivity contribution in [3.63, 3.8) is 0 Å². The number of nitrogens with one attached hydrogen (secondary N) is 1. The monoisotopic (exact) mass is 288 g/mol. The summed E-state index contributed by atoms with van der Waals surface area (Å²) in [5, 5.41) is 6.91. The van der Waals surface area contributed by atoms with Gasteiger partial charge in [0.15, 0.2) is 5.82 Å². The Labute approximate surface area is 113 Å². The highest BCUT2D eigenvalue weighted by atomic mass is 32.2. The molecule has 1 N–H and O–H groups in total. The fourth-order valence-electron chi connectivity index (χ4n) is 2.12. The third kappa shape index (κ3) is 4.55. The first-order valence-corrected chi connectivity index (χ1v) is 8.41. The standard InChI is InChI=1S/C11H20N4O3S/c1-9-12-11(14-13-9)10-8-15(5-6-18-10)4-3-7-19(2,16)17/h10H,3-8H2,1-2H3,(H,12,13,14)/t10-/m1/s1. The molecule has 0 aromatic carbocycles. The summed E-state index contributed by atoms with van der Waals surface area (Å²) in [4.78, 5) is 6.47. The minimum Gasteiger partial charge on any atom is -0.367 e. The van der Waals surface area contributed by atoms with E-state index in [1.807, 2.05) is 6.92 Å². The van der Waals surface area contributed by atoms with E-state index in [2.05, 4.69) is 20.1 Å². The van der Waals surface area contributed by atoms with Crippen molar-refractivity contribution in [3.05, 3.63) is 11.6 Å². The predicted octanol–water partition coefficient (Wildman–Crippen LogP) is -0.0789. The molecule has 0 bridgehead atoms. The zero-order valence-corrected chi connectivity index (χ0v) is 12.1. The largest absolute Gasteiger partial charge is 0.367 e. The van der Waals surface area contributed by atoms with Crippen molar-refractivity contribution in [2.24, 2.45) is 0 Å². The Kier molecular flexibility index (Phi) is 4.54. The highest BCUT2D eigenvalue weighted by Gasteiger charge is 2.24. The molecule has 1 fully saturated rings. The van der Waals surface area contributed by atoms with E-state index in [0.717, 1.165) is 18.9 Å². The van der Waals surface area contributed by atoms with E-state index in [9.17, 15) is 8.42 Å². The fourth-order valence-corrected chi connectivity index (χ4v) is 2.77. The summed E-state index contributed by atoms with van der Waals surface area (Å²) >= 11 is 0. The van der Waals surface area contributed by atoms with Gasteiger partial charge in [0.05, 0.1) is 12.4 Å². The van der Waals surface area contributed by atoms with Crippen LogP contribution < -0.4 is 0 Å². The van der Waals surface area contributed by atoms with Crippen LogP contribution in [-0.4, -0.2) is 66.7 Å². The van der Waals surface area contributed by atoms with Gasteiger partial charge in [-0.1, -0.05) is 0 Å². The third-order valence-corrected chi connectivity index (χ3v) is 4.07. The Morgan fingerprint density at radius 2 is 2.32 bits per heavy atom. The van der Waals surface area contributed by atoms with E-state index in [0.29, 0.717) is 25.4 Å². The number of rotatable bonds is 5. The maximum absolute atomic E-state index is 11.1. The molecule has 0 radical (unpaired) electrons. The Bertz CT molecular complexity index is 514. The Morgan fingerprint density at radius 1 is 1.53 bits per heavy atom. The number of hydrogen-bond acceptors (Lipinski definition) is 6. The van der Waals surface area contributed by atoms with Gasteiger partial charge in [-0.25, -0.2) is 13.4 Å². The van der Waals surface area contributed by atoms with Crippen molar-refractivity contribution in [1.82, 2.24) is 20.1 Å². The second-order valence-electron chi connectivity index (χ2n) is 4.92. The van der Waals surface area contributed by atoms with Crippen LogP contribution in [0.25, 0.3) is 0 Å². The van der Waals surface area contributed by atoms with Crippen molar-refractivity contribution in [3.8, 4) is 0 Å².